The van der Waals surface area contributed by atoms with Crippen molar-refractivity contribution in [3.8, 4) is 0 Å². The van der Waals surface area contributed by atoms with Gasteiger partial charge in [0.1, 0.15) is 17.7 Å². The third-order valence-corrected chi connectivity index (χ3v) is 2.92. The summed E-state index contributed by atoms with van der Waals surface area (Å²) in [6.07, 6.45) is 2.21. The standard InChI is InChI=1S/C12H18N4O/c1-9(12(17)16-7-2-3-8-16)14-11-6-4-5-10(13)15-11/h4-6,9H,2-3,7-8H2,1H3,(H3,13,14,15). The lowest BCUT2D eigenvalue weighted by Crippen LogP contribution is -2.39. The lowest BCUT2D eigenvalue weighted by Gasteiger charge is -2.21. The van der Waals surface area contributed by atoms with Gasteiger partial charge in [0.05, 0.1) is 0 Å². The Morgan fingerprint density at radius 2 is 2.18 bits per heavy atom. The van der Waals surface area contributed by atoms with Crippen LogP contribution in [0.4, 0.5) is 11.6 Å². The first-order valence-corrected chi connectivity index (χ1v) is 5.94. The van der Waals surface area contributed by atoms with Crippen molar-refractivity contribution < 1.29 is 4.79 Å². The first-order chi connectivity index (χ1) is 8.16. The van der Waals surface area contributed by atoms with Gasteiger partial charge in [-0.1, -0.05) is 6.07 Å². The highest BCUT2D eigenvalue weighted by Crippen LogP contribution is 2.12. The Balaban J connectivity index is 1.96. The minimum absolute atomic E-state index is 0.131. The molecule has 5 heteroatoms. The predicted molar refractivity (Wildman–Crippen MR) is 67.5 cm³/mol. The Kier molecular flexibility index (Phi) is 3.46. The van der Waals surface area contributed by atoms with E-state index in [0.717, 1.165) is 25.9 Å². The summed E-state index contributed by atoms with van der Waals surface area (Å²) in [5.74, 6) is 1.23. The first kappa shape index (κ1) is 11.7. The van der Waals surface area contributed by atoms with Gasteiger partial charge < -0.3 is 16.0 Å². The number of hydrogen-bond donors (Lipinski definition) is 2. The number of pyridine rings is 1. The van der Waals surface area contributed by atoms with Crippen molar-refractivity contribution in [2.75, 3.05) is 24.1 Å². The third-order valence-electron chi connectivity index (χ3n) is 2.92. The summed E-state index contributed by atoms with van der Waals surface area (Å²) < 4.78 is 0. The molecule has 3 N–H and O–H groups in total. The Morgan fingerprint density at radius 3 is 2.82 bits per heavy atom. The van der Waals surface area contributed by atoms with Gasteiger partial charge >= 0.3 is 0 Å². The second-order valence-electron chi connectivity index (χ2n) is 4.35. The fourth-order valence-corrected chi connectivity index (χ4v) is 2.03. The van der Waals surface area contributed by atoms with E-state index in [2.05, 4.69) is 10.3 Å². The summed E-state index contributed by atoms with van der Waals surface area (Å²) >= 11 is 0. The van der Waals surface area contributed by atoms with Crippen LogP contribution in [0.5, 0.6) is 0 Å². The molecule has 0 aromatic carbocycles. The lowest BCUT2D eigenvalue weighted by atomic mass is 10.3. The zero-order valence-electron chi connectivity index (χ0n) is 10.0. The number of aromatic nitrogens is 1. The highest BCUT2D eigenvalue weighted by molar-refractivity contribution is 5.84. The Labute approximate surface area is 101 Å². The van der Waals surface area contributed by atoms with Crippen LogP contribution in [0.2, 0.25) is 0 Å². The van der Waals surface area contributed by atoms with Crippen LogP contribution in [0.1, 0.15) is 19.8 Å². The van der Waals surface area contributed by atoms with Crippen molar-refractivity contribution in [3.05, 3.63) is 18.2 Å². The third kappa shape index (κ3) is 2.87. The molecule has 1 aromatic rings. The van der Waals surface area contributed by atoms with Crippen LogP contribution in [0.25, 0.3) is 0 Å². The van der Waals surface area contributed by atoms with Crippen molar-refractivity contribution in [2.24, 2.45) is 0 Å². The molecule has 0 bridgehead atoms. The molecule has 1 saturated heterocycles. The van der Waals surface area contributed by atoms with E-state index in [4.69, 9.17) is 5.73 Å². The smallest absolute Gasteiger partial charge is 0.244 e. The highest BCUT2D eigenvalue weighted by atomic mass is 16.2. The Hall–Kier alpha value is -1.78. The van der Waals surface area contributed by atoms with E-state index < -0.39 is 0 Å². The maximum Gasteiger partial charge on any atom is 0.244 e. The number of carbonyl (C=O) groups is 1. The highest BCUT2D eigenvalue weighted by Gasteiger charge is 2.23. The summed E-state index contributed by atoms with van der Waals surface area (Å²) in [6, 6.07) is 5.09. The van der Waals surface area contributed by atoms with E-state index in [-0.39, 0.29) is 11.9 Å². The quantitative estimate of drug-likeness (QED) is 0.821. The zero-order valence-corrected chi connectivity index (χ0v) is 10.0. The molecule has 1 unspecified atom stereocenters. The molecule has 2 rings (SSSR count). The minimum Gasteiger partial charge on any atom is -0.384 e. The number of amides is 1. The molecule has 0 spiro atoms. The first-order valence-electron chi connectivity index (χ1n) is 5.94. The van der Waals surface area contributed by atoms with Gasteiger partial charge in [-0.15, -0.1) is 0 Å². The maximum absolute atomic E-state index is 12.0. The fourth-order valence-electron chi connectivity index (χ4n) is 2.03. The van der Waals surface area contributed by atoms with E-state index in [9.17, 15) is 4.79 Å². The zero-order chi connectivity index (χ0) is 12.3. The van der Waals surface area contributed by atoms with Crippen LogP contribution in [0, 0.1) is 0 Å². The average molecular weight is 234 g/mol. The molecule has 1 amide bonds. The van der Waals surface area contributed by atoms with Crippen molar-refractivity contribution in [1.82, 2.24) is 9.88 Å². The summed E-state index contributed by atoms with van der Waals surface area (Å²) in [5, 5.41) is 3.08. The maximum atomic E-state index is 12.0. The SMILES string of the molecule is CC(Nc1cccc(N)n1)C(=O)N1CCCC1. The molecule has 1 fully saturated rings. The van der Waals surface area contributed by atoms with Crippen molar-refractivity contribution in [2.45, 2.75) is 25.8 Å². The number of nitrogens with zero attached hydrogens (tertiary/aromatic N) is 2. The summed E-state index contributed by atoms with van der Waals surface area (Å²) in [5.41, 5.74) is 5.59. The van der Waals surface area contributed by atoms with Gasteiger partial charge in [0, 0.05) is 13.1 Å². The molecular formula is C12H18N4O. The van der Waals surface area contributed by atoms with E-state index in [1.165, 1.54) is 0 Å². The molecule has 17 heavy (non-hydrogen) atoms. The second-order valence-corrected chi connectivity index (χ2v) is 4.35. The molecule has 1 aromatic heterocycles. The molecule has 92 valence electrons. The van der Waals surface area contributed by atoms with Crippen LogP contribution in [-0.2, 0) is 4.79 Å². The van der Waals surface area contributed by atoms with Crippen LogP contribution >= 0.6 is 0 Å². The van der Waals surface area contributed by atoms with Crippen LogP contribution in [-0.4, -0.2) is 34.9 Å². The molecule has 1 atom stereocenters. The number of likely N-dealkylation sites (tertiary alicyclic amines) is 1. The average Bonchev–Trinajstić information content (AvgIpc) is 2.81. The number of hydrogen-bond acceptors (Lipinski definition) is 4. The van der Waals surface area contributed by atoms with Gasteiger partial charge in [-0.2, -0.15) is 0 Å². The number of anilines is 2. The molecule has 5 nitrogen and oxygen atoms in total. The predicted octanol–water partition coefficient (Wildman–Crippen LogP) is 1.09. The number of nitrogen functional groups attached to an aromatic ring is 1. The molecule has 0 saturated carbocycles. The van der Waals surface area contributed by atoms with Gasteiger partial charge in [0.25, 0.3) is 0 Å². The van der Waals surface area contributed by atoms with Crippen molar-refractivity contribution >= 4 is 17.5 Å². The van der Waals surface area contributed by atoms with E-state index >= 15 is 0 Å². The van der Waals surface area contributed by atoms with E-state index in [0.29, 0.717) is 11.6 Å². The monoisotopic (exact) mass is 234 g/mol. The molecule has 2 heterocycles. The summed E-state index contributed by atoms with van der Waals surface area (Å²) in [4.78, 5) is 18.0. The van der Waals surface area contributed by atoms with Crippen molar-refractivity contribution in [1.29, 1.82) is 0 Å². The minimum atomic E-state index is -0.262. The van der Waals surface area contributed by atoms with Gasteiger partial charge in [-0.3, -0.25) is 4.79 Å². The van der Waals surface area contributed by atoms with Gasteiger partial charge in [-0.25, -0.2) is 4.98 Å². The van der Waals surface area contributed by atoms with Gasteiger partial charge in [0.2, 0.25) is 5.91 Å². The van der Waals surface area contributed by atoms with Crippen LogP contribution in [0.15, 0.2) is 18.2 Å². The second kappa shape index (κ2) is 5.03. The van der Waals surface area contributed by atoms with E-state index in [1.807, 2.05) is 24.0 Å². The Bertz CT molecular complexity index is 401. The van der Waals surface area contributed by atoms with Crippen LogP contribution in [0.3, 0.4) is 0 Å². The van der Waals surface area contributed by atoms with Crippen LogP contribution < -0.4 is 11.1 Å². The fraction of sp³-hybridized carbons (Fsp3) is 0.500. The molecule has 1 aliphatic heterocycles. The van der Waals surface area contributed by atoms with Crippen molar-refractivity contribution in [3.63, 3.8) is 0 Å². The van der Waals surface area contributed by atoms with Gasteiger partial charge in [-0.05, 0) is 31.9 Å². The number of rotatable bonds is 3. The number of nitrogens with one attached hydrogen (secondary N) is 1. The molecular weight excluding hydrogens is 216 g/mol. The molecule has 0 radical (unpaired) electrons. The Morgan fingerprint density at radius 1 is 1.47 bits per heavy atom. The summed E-state index contributed by atoms with van der Waals surface area (Å²) in [6.45, 7) is 3.59. The topological polar surface area (TPSA) is 71.2 Å². The number of nitrogens with two attached hydrogens (primary N) is 1. The summed E-state index contributed by atoms with van der Waals surface area (Å²) in [7, 11) is 0. The molecule has 0 aliphatic carbocycles. The largest absolute Gasteiger partial charge is 0.384 e. The number of carbonyl (C=O) groups excluding carboxylic acids is 1. The normalized spacial score (nSPS) is 16.9. The van der Waals surface area contributed by atoms with E-state index in [1.54, 1.807) is 6.07 Å². The molecule has 1 aliphatic rings. The lowest BCUT2D eigenvalue weighted by molar-refractivity contribution is -0.130. The van der Waals surface area contributed by atoms with Gasteiger partial charge in [0.15, 0.2) is 0 Å².